The molecule has 1 aliphatic carbocycles. The van der Waals surface area contributed by atoms with E-state index in [1.54, 1.807) is 12.1 Å². The Balaban J connectivity index is 1.94. The van der Waals surface area contributed by atoms with Crippen LogP contribution >= 0.6 is 0 Å². The van der Waals surface area contributed by atoms with Crippen LogP contribution in [0, 0.1) is 11.7 Å². The van der Waals surface area contributed by atoms with Gasteiger partial charge in [0, 0.05) is 13.2 Å². The number of sulfonamides is 1. The first kappa shape index (κ1) is 21.1. The number of rotatable bonds is 13. The van der Waals surface area contributed by atoms with E-state index in [1.165, 1.54) is 13.2 Å². The van der Waals surface area contributed by atoms with Gasteiger partial charge < -0.3 is 14.2 Å². The van der Waals surface area contributed by atoms with Gasteiger partial charge in [0.1, 0.15) is 6.79 Å². The van der Waals surface area contributed by atoms with E-state index in [1.807, 2.05) is 6.92 Å². The molecule has 1 aliphatic rings. The summed E-state index contributed by atoms with van der Waals surface area (Å²) in [5, 5.41) is 0. The van der Waals surface area contributed by atoms with E-state index in [0.29, 0.717) is 37.5 Å². The predicted molar refractivity (Wildman–Crippen MR) is 97.0 cm³/mol. The largest absolute Gasteiger partial charge is 0.490 e. The van der Waals surface area contributed by atoms with Crippen molar-refractivity contribution < 1.29 is 27.0 Å². The summed E-state index contributed by atoms with van der Waals surface area (Å²) in [6.07, 6.45) is 3.15. The first-order valence-corrected chi connectivity index (χ1v) is 10.6. The zero-order chi connectivity index (χ0) is 19.0. The maximum Gasteiger partial charge on any atom is 0.212 e. The van der Waals surface area contributed by atoms with Crippen LogP contribution in [0.2, 0.25) is 0 Å². The Morgan fingerprint density at radius 1 is 1.35 bits per heavy atom. The first-order chi connectivity index (χ1) is 12.4. The van der Waals surface area contributed by atoms with Crippen molar-refractivity contribution in [1.29, 1.82) is 0 Å². The Morgan fingerprint density at radius 3 is 2.77 bits per heavy atom. The molecule has 0 amide bonds. The van der Waals surface area contributed by atoms with Crippen LogP contribution in [0.15, 0.2) is 18.2 Å². The molecule has 1 atom stereocenters. The number of ether oxygens (including phenoxy) is 3. The molecule has 6 nitrogen and oxygen atoms in total. The summed E-state index contributed by atoms with van der Waals surface area (Å²) < 4.78 is 56.6. The van der Waals surface area contributed by atoms with Crippen LogP contribution in [-0.2, 0) is 19.5 Å². The monoisotopic (exact) mass is 389 g/mol. The molecule has 0 bridgehead atoms. The van der Waals surface area contributed by atoms with Gasteiger partial charge in [-0.05, 0) is 49.3 Å². The third-order valence-electron chi connectivity index (χ3n) is 4.16. The second kappa shape index (κ2) is 10.2. The second-order valence-corrected chi connectivity index (χ2v) is 8.38. The molecule has 0 heterocycles. The van der Waals surface area contributed by atoms with Crippen molar-refractivity contribution in [3.05, 3.63) is 29.6 Å². The fourth-order valence-corrected chi connectivity index (χ4v) is 3.85. The van der Waals surface area contributed by atoms with Crippen LogP contribution in [0.4, 0.5) is 4.39 Å². The minimum absolute atomic E-state index is 0.0422. The lowest BCUT2D eigenvalue weighted by molar-refractivity contribution is -0.0298. The van der Waals surface area contributed by atoms with Crippen LogP contribution in [0.1, 0.15) is 44.2 Å². The van der Waals surface area contributed by atoms with Crippen LogP contribution in [0.5, 0.6) is 5.75 Å². The molecule has 1 aromatic carbocycles. The number of methoxy groups -OCH3 is 1. The van der Waals surface area contributed by atoms with Crippen LogP contribution in [0.3, 0.4) is 0 Å². The van der Waals surface area contributed by atoms with Gasteiger partial charge >= 0.3 is 0 Å². The molecule has 148 valence electrons. The summed E-state index contributed by atoms with van der Waals surface area (Å²) in [5.74, 6) is 0.223. The fraction of sp³-hybridized carbons (Fsp3) is 0.667. The molecule has 0 radical (unpaired) electrons. The average Bonchev–Trinajstić information content (AvgIpc) is 3.43. The molecule has 26 heavy (non-hydrogen) atoms. The van der Waals surface area contributed by atoms with Crippen molar-refractivity contribution in [3.8, 4) is 5.75 Å². The Bertz CT molecular complexity index is 664. The van der Waals surface area contributed by atoms with E-state index in [9.17, 15) is 12.8 Å². The Hall–Kier alpha value is -1.22. The van der Waals surface area contributed by atoms with Crippen LogP contribution in [-0.4, -0.2) is 41.3 Å². The molecular formula is C18H28FNO5S. The summed E-state index contributed by atoms with van der Waals surface area (Å²) in [7, 11) is -1.96. The smallest absolute Gasteiger partial charge is 0.212 e. The molecule has 8 heteroatoms. The normalized spacial score (nSPS) is 15.8. The highest BCUT2D eigenvalue weighted by molar-refractivity contribution is 7.89. The highest BCUT2D eigenvalue weighted by atomic mass is 32.2. The molecule has 0 spiro atoms. The molecule has 1 unspecified atom stereocenters. The standard InChI is InChI=1S/C18H28FNO5S/c1-3-17(20-26(21,22)10-4-9-24-13-23-2)15-7-8-16(19)18(11-15)25-12-14-5-6-14/h7-8,11,14,17,20H,3-6,9-10,12-13H2,1-2H3. The van der Waals surface area contributed by atoms with E-state index in [4.69, 9.17) is 14.2 Å². The molecule has 1 N–H and O–H groups in total. The topological polar surface area (TPSA) is 73.9 Å². The summed E-state index contributed by atoms with van der Waals surface area (Å²) in [4.78, 5) is 0. The van der Waals surface area contributed by atoms with Gasteiger partial charge in [0.25, 0.3) is 0 Å². The lowest BCUT2D eigenvalue weighted by Crippen LogP contribution is -2.31. The maximum atomic E-state index is 13.9. The number of hydrogen-bond donors (Lipinski definition) is 1. The lowest BCUT2D eigenvalue weighted by Gasteiger charge is -2.19. The summed E-state index contributed by atoms with van der Waals surface area (Å²) in [5.41, 5.74) is 0.693. The van der Waals surface area contributed by atoms with Crippen LogP contribution < -0.4 is 9.46 Å². The zero-order valence-electron chi connectivity index (χ0n) is 15.4. The Morgan fingerprint density at radius 2 is 2.12 bits per heavy atom. The van der Waals surface area contributed by atoms with Crippen molar-refractivity contribution in [2.45, 2.75) is 38.6 Å². The number of benzene rings is 1. The van der Waals surface area contributed by atoms with Gasteiger partial charge in [-0.25, -0.2) is 17.5 Å². The molecule has 1 saturated carbocycles. The fourth-order valence-electron chi connectivity index (χ4n) is 2.50. The first-order valence-electron chi connectivity index (χ1n) is 8.94. The minimum Gasteiger partial charge on any atom is -0.490 e. The zero-order valence-corrected chi connectivity index (χ0v) is 16.2. The molecule has 1 aromatic rings. The lowest BCUT2D eigenvalue weighted by atomic mass is 10.1. The average molecular weight is 389 g/mol. The van der Waals surface area contributed by atoms with Gasteiger partial charge in [-0.15, -0.1) is 0 Å². The van der Waals surface area contributed by atoms with E-state index in [2.05, 4.69) is 4.72 Å². The SMILES string of the molecule is CCC(NS(=O)(=O)CCCOCOC)c1ccc(F)c(OCC2CC2)c1. The quantitative estimate of drug-likeness (QED) is 0.415. The van der Waals surface area contributed by atoms with Crippen molar-refractivity contribution >= 4 is 10.0 Å². The maximum absolute atomic E-state index is 13.9. The van der Waals surface area contributed by atoms with Gasteiger partial charge in [-0.1, -0.05) is 13.0 Å². The molecule has 1 fully saturated rings. The second-order valence-electron chi connectivity index (χ2n) is 6.51. The molecule has 0 saturated heterocycles. The Labute approximate surface area is 155 Å². The minimum atomic E-state index is -3.47. The summed E-state index contributed by atoms with van der Waals surface area (Å²) in [6.45, 7) is 2.83. The number of nitrogens with one attached hydrogen (secondary N) is 1. The highest BCUT2D eigenvalue weighted by Gasteiger charge is 2.23. The molecular weight excluding hydrogens is 361 g/mol. The van der Waals surface area contributed by atoms with Crippen molar-refractivity contribution in [2.75, 3.05) is 32.9 Å². The predicted octanol–water partition coefficient (Wildman–Crippen LogP) is 3.00. The third-order valence-corrected chi connectivity index (χ3v) is 5.63. The van der Waals surface area contributed by atoms with Crippen molar-refractivity contribution in [3.63, 3.8) is 0 Å². The summed E-state index contributed by atoms with van der Waals surface area (Å²) >= 11 is 0. The van der Waals surface area contributed by atoms with Gasteiger partial charge in [-0.3, -0.25) is 0 Å². The van der Waals surface area contributed by atoms with Crippen LogP contribution in [0.25, 0.3) is 0 Å². The van der Waals surface area contributed by atoms with E-state index < -0.39 is 21.9 Å². The van der Waals surface area contributed by atoms with E-state index >= 15 is 0 Å². The molecule has 0 aliphatic heterocycles. The third kappa shape index (κ3) is 7.19. The van der Waals surface area contributed by atoms with Crippen molar-refractivity contribution in [2.24, 2.45) is 5.92 Å². The van der Waals surface area contributed by atoms with Gasteiger partial charge in [0.05, 0.1) is 19.0 Å². The van der Waals surface area contributed by atoms with Gasteiger partial charge in [0.2, 0.25) is 10.0 Å². The number of hydrogen-bond acceptors (Lipinski definition) is 5. The summed E-state index contributed by atoms with van der Waals surface area (Å²) in [6, 6.07) is 4.09. The van der Waals surface area contributed by atoms with E-state index in [-0.39, 0.29) is 18.3 Å². The van der Waals surface area contributed by atoms with Crippen molar-refractivity contribution in [1.82, 2.24) is 4.72 Å². The Kier molecular flexibility index (Phi) is 8.27. The van der Waals surface area contributed by atoms with Gasteiger partial charge in [-0.2, -0.15) is 0 Å². The highest BCUT2D eigenvalue weighted by Crippen LogP contribution is 2.31. The number of halogens is 1. The molecule has 0 aromatic heterocycles. The van der Waals surface area contributed by atoms with E-state index in [0.717, 1.165) is 12.8 Å². The molecule has 2 rings (SSSR count). The van der Waals surface area contributed by atoms with Gasteiger partial charge in [0.15, 0.2) is 11.6 Å².